The van der Waals surface area contributed by atoms with Crippen LogP contribution in [0, 0.1) is 0 Å². The van der Waals surface area contributed by atoms with Gasteiger partial charge in [0.2, 0.25) is 0 Å². The second-order valence-electron chi connectivity index (χ2n) is 8.12. The minimum absolute atomic E-state index is 0.204. The fourth-order valence-electron chi connectivity index (χ4n) is 4.54. The number of rotatable bonds is 6. The molecule has 2 aromatic rings. The maximum Gasteiger partial charge on any atom is 0.442 e. The third-order valence-electron chi connectivity index (χ3n) is 6.11. The molecule has 0 aliphatic carbocycles. The van der Waals surface area contributed by atoms with Crippen molar-refractivity contribution in [2.24, 2.45) is 0 Å². The molecule has 15 heteroatoms. The lowest BCUT2D eigenvalue weighted by Gasteiger charge is -2.26. The van der Waals surface area contributed by atoms with Crippen LogP contribution in [0.4, 0.5) is 9.59 Å². The van der Waals surface area contributed by atoms with E-state index in [9.17, 15) is 18.0 Å². The number of amides is 4. The molecule has 6 rings (SSSR count). The molecule has 2 saturated heterocycles. The predicted octanol–water partition coefficient (Wildman–Crippen LogP) is 0.0812. The number of hydroxylamine groups is 4. The fraction of sp³-hybridized carbons (Fsp3) is 0.300. The molecule has 35 heavy (non-hydrogen) atoms. The van der Waals surface area contributed by atoms with Crippen molar-refractivity contribution in [2.75, 3.05) is 26.2 Å². The van der Waals surface area contributed by atoms with Gasteiger partial charge in [-0.1, -0.05) is 12.2 Å². The van der Waals surface area contributed by atoms with Crippen LogP contribution in [0.1, 0.15) is 11.4 Å². The van der Waals surface area contributed by atoms with Gasteiger partial charge in [-0.05, 0) is 0 Å². The Balaban J connectivity index is 1.24. The number of hydrogen-bond acceptors (Lipinski definition) is 10. The zero-order valence-corrected chi connectivity index (χ0v) is 18.9. The Morgan fingerprint density at radius 2 is 1.20 bits per heavy atom. The standard InChI is InChI=1S/C20H18N8O6S/c29-19-25-7-1-13(15-9-21-3-5-23-15)17(11-25)27(19)33-35(31,32)34-28-18-12-26(20(28)30)8-2-14(18)16-10-22-4-6-24-16/h1-6,9-10,17-18H,7-8,11-12H2. The molecule has 4 aliphatic heterocycles. The van der Waals surface area contributed by atoms with E-state index in [1.165, 1.54) is 47.0 Å². The lowest BCUT2D eigenvalue weighted by atomic mass is 10.0. The minimum Gasteiger partial charge on any atom is -0.317 e. The van der Waals surface area contributed by atoms with E-state index in [-0.39, 0.29) is 26.2 Å². The normalized spacial score (nSPS) is 23.7. The number of aromatic nitrogens is 4. The summed E-state index contributed by atoms with van der Waals surface area (Å²) in [5, 5.41) is 1.46. The fourth-order valence-corrected chi connectivity index (χ4v) is 5.29. The number of carbonyl (C=O) groups excluding carboxylic acids is 2. The molecule has 2 atom stereocenters. The minimum atomic E-state index is -4.87. The highest BCUT2D eigenvalue weighted by Gasteiger charge is 2.49. The molecule has 0 N–H and O–H groups in total. The van der Waals surface area contributed by atoms with Gasteiger partial charge in [0, 0.05) is 49.0 Å². The van der Waals surface area contributed by atoms with Gasteiger partial charge in [0.25, 0.3) is 0 Å². The van der Waals surface area contributed by atoms with Crippen LogP contribution < -0.4 is 0 Å². The first-order chi connectivity index (χ1) is 16.9. The van der Waals surface area contributed by atoms with Gasteiger partial charge in [0.05, 0.1) is 36.9 Å². The topological polar surface area (TPSA) is 151 Å². The summed E-state index contributed by atoms with van der Waals surface area (Å²) in [5.74, 6) is 0. The zero-order chi connectivity index (χ0) is 24.2. The molecule has 0 spiro atoms. The number of fused-ring (bicyclic) bond motifs is 4. The zero-order valence-electron chi connectivity index (χ0n) is 18.0. The molecule has 0 aromatic carbocycles. The van der Waals surface area contributed by atoms with E-state index in [2.05, 4.69) is 19.9 Å². The Hall–Kier alpha value is -3.95. The van der Waals surface area contributed by atoms with Crippen LogP contribution in [0.15, 0.2) is 49.3 Å². The van der Waals surface area contributed by atoms with Crippen molar-refractivity contribution in [3.05, 3.63) is 60.7 Å². The smallest absolute Gasteiger partial charge is 0.317 e. The molecule has 4 amide bonds. The van der Waals surface area contributed by atoms with Crippen LogP contribution in [0.2, 0.25) is 0 Å². The van der Waals surface area contributed by atoms with E-state index in [4.69, 9.17) is 8.57 Å². The van der Waals surface area contributed by atoms with Gasteiger partial charge < -0.3 is 9.80 Å². The van der Waals surface area contributed by atoms with Crippen LogP contribution >= 0.6 is 0 Å². The summed E-state index contributed by atoms with van der Waals surface area (Å²) in [6.07, 6.45) is 12.6. The second-order valence-corrected chi connectivity index (χ2v) is 9.23. The molecule has 4 bridgehead atoms. The van der Waals surface area contributed by atoms with Gasteiger partial charge in [0.1, 0.15) is 12.1 Å². The van der Waals surface area contributed by atoms with Crippen molar-refractivity contribution in [1.29, 1.82) is 0 Å². The van der Waals surface area contributed by atoms with Crippen molar-refractivity contribution in [3.8, 4) is 0 Å². The SMILES string of the molecule is O=C1N2CC=C(c3cnccn3)C(C2)N1OS(=O)(=O)ON1C(=O)N2CC=C(c3cnccn3)C1C2. The maximum atomic E-state index is 12.9. The molecule has 0 radical (unpaired) electrons. The second kappa shape index (κ2) is 8.07. The molecule has 2 unspecified atom stereocenters. The van der Waals surface area contributed by atoms with Crippen LogP contribution in [-0.2, 0) is 19.0 Å². The highest BCUT2D eigenvalue weighted by molar-refractivity contribution is 7.81. The van der Waals surface area contributed by atoms with Crippen molar-refractivity contribution in [3.63, 3.8) is 0 Å². The average Bonchev–Trinajstić information content (AvgIpc) is 3.25. The largest absolute Gasteiger partial charge is 0.442 e. The predicted molar refractivity (Wildman–Crippen MR) is 116 cm³/mol. The van der Waals surface area contributed by atoms with Crippen LogP contribution in [0.25, 0.3) is 11.1 Å². The number of nitrogens with zero attached hydrogens (tertiary/aromatic N) is 8. The van der Waals surface area contributed by atoms with Crippen molar-refractivity contribution in [1.82, 2.24) is 39.9 Å². The van der Waals surface area contributed by atoms with Crippen LogP contribution in [-0.4, -0.2) is 98.6 Å². The third kappa shape index (κ3) is 3.69. The molecule has 180 valence electrons. The van der Waals surface area contributed by atoms with E-state index < -0.39 is 34.5 Å². The Labute approximate surface area is 199 Å². The third-order valence-corrected chi connectivity index (χ3v) is 6.80. The molecule has 14 nitrogen and oxygen atoms in total. The first-order valence-electron chi connectivity index (χ1n) is 10.6. The van der Waals surface area contributed by atoms with Crippen LogP contribution in [0.5, 0.6) is 0 Å². The lowest BCUT2D eigenvalue weighted by Crippen LogP contribution is -2.41. The Morgan fingerprint density at radius 3 is 1.60 bits per heavy atom. The molecule has 6 heterocycles. The summed E-state index contributed by atoms with van der Waals surface area (Å²) in [7, 11) is -4.87. The monoisotopic (exact) mass is 498 g/mol. The van der Waals surface area contributed by atoms with Crippen molar-refractivity contribution < 1.29 is 26.6 Å². The van der Waals surface area contributed by atoms with Gasteiger partial charge in [-0.2, -0.15) is 18.5 Å². The summed E-state index contributed by atoms with van der Waals surface area (Å²) in [4.78, 5) is 45.0. The maximum absolute atomic E-state index is 12.9. The quantitative estimate of drug-likeness (QED) is 0.535. The highest BCUT2D eigenvalue weighted by atomic mass is 32.3. The molecular formula is C20H18N8O6S. The van der Waals surface area contributed by atoms with Gasteiger partial charge in [-0.25, -0.2) is 9.59 Å². The Kier molecular flexibility index (Phi) is 4.98. The van der Waals surface area contributed by atoms with Crippen molar-refractivity contribution in [2.45, 2.75) is 12.1 Å². The summed E-state index contributed by atoms with van der Waals surface area (Å²) in [5.41, 5.74) is 2.19. The Morgan fingerprint density at radius 1 is 0.743 bits per heavy atom. The highest BCUT2D eigenvalue weighted by Crippen LogP contribution is 2.35. The van der Waals surface area contributed by atoms with Gasteiger partial charge in [0.15, 0.2) is 0 Å². The van der Waals surface area contributed by atoms with E-state index in [0.29, 0.717) is 22.5 Å². The molecular weight excluding hydrogens is 480 g/mol. The Bertz CT molecular complexity index is 1250. The van der Waals surface area contributed by atoms with E-state index in [0.717, 1.165) is 10.1 Å². The molecule has 2 fully saturated rings. The summed E-state index contributed by atoms with van der Waals surface area (Å²) >= 11 is 0. The summed E-state index contributed by atoms with van der Waals surface area (Å²) in [6.45, 7) is 0.927. The first kappa shape index (κ1) is 21.6. The summed E-state index contributed by atoms with van der Waals surface area (Å²) in [6, 6.07) is -2.79. The molecule has 2 aromatic heterocycles. The van der Waals surface area contributed by atoms with E-state index >= 15 is 0 Å². The van der Waals surface area contributed by atoms with E-state index in [1.807, 2.05) is 0 Å². The number of urea groups is 2. The van der Waals surface area contributed by atoms with E-state index in [1.54, 1.807) is 12.2 Å². The first-order valence-corrected chi connectivity index (χ1v) is 12.0. The van der Waals surface area contributed by atoms with Gasteiger partial charge in [-0.15, -0.1) is 8.57 Å². The molecule has 0 saturated carbocycles. The van der Waals surface area contributed by atoms with Gasteiger partial charge >= 0.3 is 22.5 Å². The van der Waals surface area contributed by atoms with Crippen molar-refractivity contribution >= 4 is 33.6 Å². The van der Waals surface area contributed by atoms with Crippen LogP contribution in [0.3, 0.4) is 0 Å². The lowest BCUT2D eigenvalue weighted by molar-refractivity contribution is -0.0702. The van der Waals surface area contributed by atoms with Gasteiger partial charge in [-0.3, -0.25) is 19.9 Å². The average molecular weight is 498 g/mol. The summed E-state index contributed by atoms with van der Waals surface area (Å²) < 4.78 is 36.1. The number of carbonyl (C=O) groups is 2. The molecule has 4 aliphatic rings. The number of hydrogen-bond donors (Lipinski definition) is 0.